The third kappa shape index (κ3) is 15.1. The van der Waals surface area contributed by atoms with Gasteiger partial charge in [-0.25, -0.2) is 0 Å². The van der Waals surface area contributed by atoms with Gasteiger partial charge < -0.3 is 9.80 Å². The molecule has 0 aromatic heterocycles. The van der Waals surface area contributed by atoms with E-state index < -0.39 is 6.39 Å². The number of hydrogen-bond donors (Lipinski definition) is 0. The highest BCUT2D eigenvalue weighted by Crippen LogP contribution is 2.58. The lowest BCUT2D eigenvalue weighted by molar-refractivity contribution is 0.398. The number of benzene rings is 9. The van der Waals surface area contributed by atoms with Gasteiger partial charge in [-0.3, -0.25) is 0 Å². The third-order valence-corrected chi connectivity index (χ3v) is 18.9. The molecule has 9 aromatic rings. The molecule has 0 saturated heterocycles. The van der Waals surface area contributed by atoms with E-state index >= 15 is 0 Å². The van der Waals surface area contributed by atoms with Crippen LogP contribution in [0.5, 0.6) is 0 Å². The molecular formula is C83H98B4N2. The van der Waals surface area contributed by atoms with Gasteiger partial charge >= 0.3 is 0 Å². The molecular weight excluding hydrogens is 1070 g/mol. The molecule has 1 aliphatic carbocycles. The fourth-order valence-electron chi connectivity index (χ4n) is 14.2. The van der Waals surface area contributed by atoms with Gasteiger partial charge in [-0.1, -0.05) is 259 Å². The number of hydrogen-bond acceptors (Lipinski definition) is 2. The number of nitrogens with zero attached hydrogens (tertiary/aromatic N) is 2. The summed E-state index contributed by atoms with van der Waals surface area (Å²) in [6.07, 6.45) is 17.5. The zero-order valence-corrected chi connectivity index (χ0v) is 56.8. The Morgan fingerprint density at radius 1 is 0.371 bits per heavy atom. The van der Waals surface area contributed by atoms with Crippen LogP contribution in [0.1, 0.15) is 201 Å². The number of unbranched alkanes of at least 4 members (excludes halogenated alkanes) is 10. The minimum atomic E-state index is -0.667. The van der Waals surface area contributed by atoms with E-state index in [0.29, 0.717) is 0 Å². The first-order valence-corrected chi connectivity index (χ1v) is 33.7. The number of fused-ring (bicyclic) bond motifs is 5. The molecule has 89 heavy (non-hydrogen) atoms. The zero-order chi connectivity index (χ0) is 63.8. The van der Waals surface area contributed by atoms with E-state index in [1.165, 1.54) is 190 Å². The molecule has 0 bridgehead atoms. The van der Waals surface area contributed by atoms with Crippen molar-refractivity contribution in [2.45, 2.75) is 203 Å². The van der Waals surface area contributed by atoms with Crippen molar-refractivity contribution in [3.63, 3.8) is 0 Å². The lowest BCUT2D eigenvalue weighted by Crippen LogP contribution is -2.26. The summed E-state index contributed by atoms with van der Waals surface area (Å²) < 4.78 is 0. The van der Waals surface area contributed by atoms with Crippen LogP contribution in [0, 0.1) is 41.5 Å². The Labute approximate surface area is 543 Å². The molecule has 0 atom stereocenters. The topological polar surface area (TPSA) is 6.48 Å². The predicted molar refractivity (Wildman–Crippen MR) is 395 cm³/mol. The van der Waals surface area contributed by atoms with Gasteiger partial charge in [0.1, 0.15) is 0 Å². The average Bonchev–Trinajstić information content (AvgIpc) is 1.57. The first-order valence-electron chi connectivity index (χ1n) is 33.7. The molecule has 6 radical (unpaired) electrons. The molecule has 452 valence electrons. The monoisotopic (exact) mass is 1170 g/mol. The van der Waals surface area contributed by atoms with Crippen molar-refractivity contribution in [2.75, 3.05) is 9.80 Å². The Balaban J connectivity index is 0.00000228. The van der Waals surface area contributed by atoms with Gasteiger partial charge in [0.15, 0.2) is 0 Å². The van der Waals surface area contributed by atoms with Crippen LogP contribution in [-0.2, 0) is 16.2 Å². The zero-order valence-electron chi connectivity index (χ0n) is 56.8. The van der Waals surface area contributed by atoms with Crippen molar-refractivity contribution < 1.29 is 0 Å². The predicted octanol–water partition coefficient (Wildman–Crippen LogP) is 23.8. The molecule has 0 spiro atoms. The van der Waals surface area contributed by atoms with Gasteiger partial charge in [0.2, 0.25) is 0 Å². The highest BCUT2D eigenvalue weighted by molar-refractivity contribution is 7.49. The van der Waals surface area contributed by atoms with Crippen molar-refractivity contribution in [1.29, 1.82) is 0 Å². The molecule has 6 heteroatoms. The fraction of sp³-hybridized carbons (Fsp3) is 0.373. The van der Waals surface area contributed by atoms with Crippen molar-refractivity contribution >= 4 is 74.5 Å². The maximum atomic E-state index is 4.67. The summed E-state index contributed by atoms with van der Waals surface area (Å²) in [4.78, 5) is 4.95. The second-order valence-corrected chi connectivity index (χ2v) is 28.2. The lowest BCUT2D eigenvalue weighted by Gasteiger charge is -2.34. The minimum Gasteiger partial charge on any atom is -0.310 e. The molecule has 1 aliphatic rings. The highest BCUT2D eigenvalue weighted by atomic mass is 15.2. The number of anilines is 6. The second kappa shape index (κ2) is 28.9. The summed E-state index contributed by atoms with van der Waals surface area (Å²) in [6, 6.07) is 66.0. The fourth-order valence-corrected chi connectivity index (χ4v) is 14.2. The second-order valence-electron chi connectivity index (χ2n) is 28.2. The quantitative estimate of drug-likeness (QED) is 0.0493. The van der Waals surface area contributed by atoms with Crippen LogP contribution in [0.15, 0.2) is 170 Å². The van der Waals surface area contributed by atoms with Crippen molar-refractivity contribution in [2.24, 2.45) is 0 Å². The normalized spacial score (nSPS) is 12.6. The maximum Gasteiger partial charge on any atom is 0.0520 e. The average molecular weight is 1170 g/mol. The Bertz CT molecular complexity index is 3760. The summed E-state index contributed by atoms with van der Waals surface area (Å²) in [5, 5.41) is 2.72. The maximum absolute atomic E-state index is 4.67. The Morgan fingerprint density at radius 2 is 0.730 bits per heavy atom. The molecule has 0 amide bonds. The summed E-state index contributed by atoms with van der Waals surface area (Å²) in [7, 11) is 14.0. The number of rotatable bonds is 22. The van der Waals surface area contributed by atoms with Crippen molar-refractivity contribution in [3.8, 4) is 33.4 Å². The summed E-state index contributed by atoms with van der Waals surface area (Å²) in [5.41, 5.74) is 28.7. The molecule has 0 heterocycles. The standard InChI is InChI=1S/C83H98N2.B4/c1-15-17-19-21-23-27-49-83(50-28-24-22-20-18-16-2)76-51-58(4)33-48-74(76)78-73-30-26-25-29-72(73)75(56-77(78)83)65-38-46-71(47-39-65)85(80-61(7)54-67(55-62(80)8)82(12,13)14)70-44-36-64(37-45-70)63-34-42-69(43-35-63)84(68-40-31-57(3)32-41-68)79-59(5)52-66(53-60(79)6)81(9,10)11;1-4(2)3/h25-26,29-48,51-56H,15-24,27-28,49-50H2,1-14H3;. The number of aryl methyl sites for hydroxylation is 6. The van der Waals surface area contributed by atoms with Crippen LogP contribution in [0.4, 0.5) is 34.1 Å². The van der Waals surface area contributed by atoms with Crippen LogP contribution < -0.4 is 9.80 Å². The molecule has 10 rings (SSSR count). The first kappa shape index (κ1) is 66.5. The van der Waals surface area contributed by atoms with Crippen molar-refractivity contribution in [1.82, 2.24) is 0 Å². The van der Waals surface area contributed by atoms with E-state index in [-0.39, 0.29) is 16.2 Å². The van der Waals surface area contributed by atoms with Gasteiger partial charge in [0.25, 0.3) is 0 Å². The Morgan fingerprint density at radius 3 is 1.13 bits per heavy atom. The Kier molecular flexibility index (Phi) is 21.6. The van der Waals surface area contributed by atoms with E-state index in [2.05, 4.69) is 300 Å². The van der Waals surface area contributed by atoms with Crippen LogP contribution in [0.3, 0.4) is 0 Å². The van der Waals surface area contributed by atoms with E-state index in [9.17, 15) is 0 Å². The van der Waals surface area contributed by atoms with E-state index in [4.69, 9.17) is 0 Å². The SMILES string of the molecule is CCCCCCCCC1(CCCCCCCC)c2cc(C)ccc2-c2c1cc(-c1ccc(N(c3ccc(-c4ccc(N(c5ccc(C)cc5)c5c(C)cc(C(C)(C)C)cc5C)cc4)cc3)c3c(C)cc(C(C)(C)C)cc3C)cc1)c1ccccc21.[B]B([B])[B]. The van der Waals surface area contributed by atoms with Crippen LogP contribution in [-0.4, -0.2) is 29.6 Å². The van der Waals surface area contributed by atoms with Gasteiger partial charge in [-0.2, -0.15) is 0 Å². The Hall–Kier alpha value is -6.90. The molecule has 9 aromatic carbocycles. The molecule has 2 nitrogen and oxygen atoms in total. The molecule has 0 N–H and O–H groups in total. The van der Waals surface area contributed by atoms with Crippen molar-refractivity contribution in [3.05, 3.63) is 225 Å². The first-order chi connectivity index (χ1) is 42.5. The molecule has 0 aliphatic heterocycles. The highest BCUT2D eigenvalue weighted by Gasteiger charge is 2.43. The smallest absolute Gasteiger partial charge is 0.0520 e. The van der Waals surface area contributed by atoms with Crippen LogP contribution in [0.2, 0.25) is 0 Å². The van der Waals surface area contributed by atoms with E-state index in [0.717, 1.165) is 22.7 Å². The van der Waals surface area contributed by atoms with Crippen LogP contribution in [0.25, 0.3) is 44.2 Å². The van der Waals surface area contributed by atoms with E-state index in [1.54, 1.807) is 11.1 Å². The summed E-state index contributed by atoms with van der Waals surface area (Å²) in [6.45, 7) is 32.1. The lowest BCUT2D eigenvalue weighted by atomic mass is 9.08. The van der Waals surface area contributed by atoms with E-state index in [1.807, 2.05) is 0 Å². The molecule has 0 saturated carbocycles. The van der Waals surface area contributed by atoms with Gasteiger partial charge in [0.05, 0.1) is 11.4 Å². The van der Waals surface area contributed by atoms with Gasteiger partial charge in [0, 0.05) is 57.8 Å². The van der Waals surface area contributed by atoms with Crippen LogP contribution >= 0.6 is 0 Å². The molecule has 0 fully saturated rings. The third-order valence-electron chi connectivity index (χ3n) is 18.9. The minimum absolute atomic E-state index is 0.0108. The summed E-state index contributed by atoms with van der Waals surface area (Å²) >= 11 is 0. The van der Waals surface area contributed by atoms with Gasteiger partial charge in [-0.05, 0) is 208 Å². The largest absolute Gasteiger partial charge is 0.310 e. The van der Waals surface area contributed by atoms with Gasteiger partial charge in [-0.15, -0.1) is 0 Å². The summed E-state index contributed by atoms with van der Waals surface area (Å²) in [5.74, 6) is 0. The molecule has 0 unspecified atom stereocenters.